The van der Waals surface area contributed by atoms with Crippen LogP contribution in [0.3, 0.4) is 0 Å². The Kier molecular flexibility index (Phi) is 4.98. The SMILES string of the molecule is CCC(C)C1CN(C(C)(C)c2nccs2)CCCN1. The van der Waals surface area contributed by atoms with Crippen molar-refractivity contribution in [2.24, 2.45) is 5.92 Å². The first kappa shape index (κ1) is 14.9. The number of nitrogens with zero attached hydrogens (tertiary/aromatic N) is 2. The average Bonchev–Trinajstić information content (AvgIpc) is 2.83. The lowest BCUT2D eigenvalue weighted by Gasteiger charge is -2.38. The van der Waals surface area contributed by atoms with Gasteiger partial charge < -0.3 is 5.32 Å². The number of hydrogen-bond acceptors (Lipinski definition) is 4. The molecule has 0 aromatic carbocycles. The fourth-order valence-corrected chi connectivity index (χ4v) is 3.57. The zero-order valence-electron chi connectivity index (χ0n) is 12.6. The molecule has 2 atom stereocenters. The Balaban J connectivity index is 2.13. The largest absolute Gasteiger partial charge is 0.312 e. The first-order chi connectivity index (χ1) is 9.05. The van der Waals surface area contributed by atoms with E-state index in [4.69, 9.17) is 0 Å². The second-order valence-electron chi connectivity index (χ2n) is 6.14. The van der Waals surface area contributed by atoms with Crippen molar-refractivity contribution in [2.75, 3.05) is 19.6 Å². The summed E-state index contributed by atoms with van der Waals surface area (Å²) < 4.78 is 0. The van der Waals surface area contributed by atoms with Gasteiger partial charge in [-0.3, -0.25) is 4.90 Å². The van der Waals surface area contributed by atoms with E-state index >= 15 is 0 Å². The topological polar surface area (TPSA) is 28.2 Å². The fourth-order valence-electron chi connectivity index (χ4n) is 2.78. The molecule has 0 saturated carbocycles. The molecule has 4 heteroatoms. The van der Waals surface area contributed by atoms with Crippen molar-refractivity contribution in [3.05, 3.63) is 16.6 Å². The van der Waals surface area contributed by atoms with Crippen LogP contribution in [-0.2, 0) is 5.54 Å². The molecule has 1 aliphatic heterocycles. The highest BCUT2D eigenvalue weighted by Crippen LogP contribution is 2.31. The van der Waals surface area contributed by atoms with Crippen LogP contribution in [0.2, 0.25) is 0 Å². The van der Waals surface area contributed by atoms with Crippen molar-refractivity contribution < 1.29 is 0 Å². The molecule has 0 radical (unpaired) electrons. The molecule has 0 spiro atoms. The van der Waals surface area contributed by atoms with E-state index < -0.39 is 0 Å². The summed E-state index contributed by atoms with van der Waals surface area (Å²) >= 11 is 1.77. The molecule has 1 aromatic heterocycles. The Bertz CT molecular complexity index is 375. The Morgan fingerprint density at radius 1 is 1.58 bits per heavy atom. The highest BCUT2D eigenvalue weighted by atomic mass is 32.1. The van der Waals surface area contributed by atoms with Crippen molar-refractivity contribution in [1.29, 1.82) is 0 Å². The number of aromatic nitrogens is 1. The minimum atomic E-state index is 0.0475. The highest BCUT2D eigenvalue weighted by Gasteiger charge is 2.34. The molecule has 108 valence electrons. The minimum absolute atomic E-state index is 0.0475. The van der Waals surface area contributed by atoms with E-state index in [1.165, 1.54) is 17.8 Å². The van der Waals surface area contributed by atoms with Crippen LogP contribution in [0.4, 0.5) is 0 Å². The van der Waals surface area contributed by atoms with Crippen molar-refractivity contribution >= 4 is 11.3 Å². The Hall–Kier alpha value is -0.450. The van der Waals surface area contributed by atoms with Crippen molar-refractivity contribution in [3.8, 4) is 0 Å². The van der Waals surface area contributed by atoms with E-state index in [2.05, 4.69) is 48.3 Å². The molecule has 0 bridgehead atoms. The molecule has 1 aliphatic rings. The molecule has 19 heavy (non-hydrogen) atoms. The van der Waals surface area contributed by atoms with Gasteiger partial charge >= 0.3 is 0 Å². The molecule has 3 nitrogen and oxygen atoms in total. The van der Waals surface area contributed by atoms with Gasteiger partial charge in [0.15, 0.2) is 0 Å². The van der Waals surface area contributed by atoms with Gasteiger partial charge in [0.1, 0.15) is 5.01 Å². The molecule has 0 aliphatic carbocycles. The van der Waals surface area contributed by atoms with Crippen LogP contribution >= 0.6 is 11.3 Å². The van der Waals surface area contributed by atoms with Crippen LogP contribution in [0, 0.1) is 5.92 Å². The first-order valence-corrected chi connectivity index (χ1v) is 8.32. The minimum Gasteiger partial charge on any atom is -0.312 e. The Morgan fingerprint density at radius 2 is 2.37 bits per heavy atom. The summed E-state index contributed by atoms with van der Waals surface area (Å²) in [6.45, 7) is 12.7. The van der Waals surface area contributed by atoms with Gasteiger partial charge in [-0.1, -0.05) is 20.3 Å². The van der Waals surface area contributed by atoms with E-state index in [0.717, 1.165) is 25.6 Å². The van der Waals surface area contributed by atoms with Gasteiger partial charge in [-0.15, -0.1) is 11.3 Å². The number of thiazole rings is 1. The van der Waals surface area contributed by atoms with Crippen LogP contribution in [0.15, 0.2) is 11.6 Å². The highest BCUT2D eigenvalue weighted by molar-refractivity contribution is 7.09. The van der Waals surface area contributed by atoms with E-state index in [-0.39, 0.29) is 5.54 Å². The van der Waals surface area contributed by atoms with E-state index in [0.29, 0.717) is 6.04 Å². The van der Waals surface area contributed by atoms with Gasteiger partial charge in [0, 0.05) is 30.7 Å². The third-order valence-corrected chi connectivity index (χ3v) is 5.59. The van der Waals surface area contributed by atoms with Crippen LogP contribution in [0.25, 0.3) is 0 Å². The van der Waals surface area contributed by atoms with Crippen molar-refractivity contribution in [3.63, 3.8) is 0 Å². The van der Waals surface area contributed by atoms with Crippen LogP contribution < -0.4 is 5.32 Å². The summed E-state index contributed by atoms with van der Waals surface area (Å²) in [7, 11) is 0. The van der Waals surface area contributed by atoms with E-state index in [1.807, 2.05) is 6.20 Å². The third kappa shape index (κ3) is 3.36. The summed E-state index contributed by atoms with van der Waals surface area (Å²) in [5, 5.41) is 7.04. The fraction of sp³-hybridized carbons (Fsp3) is 0.800. The smallest absolute Gasteiger partial charge is 0.112 e. The summed E-state index contributed by atoms with van der Waals surface area (Å²) in [4.78, 5) is 7.15. The molecule has 1 N–H and O–H groups in total. The van der Waals surface area contributed by atoms with Crippen molar-refractivity contribution in [1.82, 2.24) is 15.2 Å². The zero-order chi connectivity index (χ0) is 13.9. The molecule has 1 aromatic rings. The molecular weight excluding hydrogens is 254 g/mol. The number of rotatable bonds is 4. The zero-order valence-corrected chi connectivity index (χ0v) is 13.5. The van der Waals surface area contributed by atoms with Crippen LogP contribution in [0.5, 0.6) is 0 Å². The lowest BCUT2D eigenvalue weighted by molar-refractivity contribution is 0.107. The van der Waals surface area contributed by atoms with Gasteiger partial charge in [0.2, 0.25) is 0 Å². The molecule has 2 rings (SSSR count). The van der Waals surface area contributed by atoms with Crippen LogP contribution in [0.1, 0.15) is 45.5 Å². The van der Waals surface area contributed by atoms with Gasteiger partial charge in [0.05, 0.1) is 5.54 Å². The first-order valence-electron chi connectivity index (χ1n) is 7.44. The maximum atomic E-state index is 4.54. The monoisotopic (exact) mass is 281 g/mol. The maximum Gasteiger partial charge on any atom is 0.112 e. The lowest BCUT2D eigenvalue weighted by atomic mass is 9.96. The average molecular weight is 281 g/mol. The summed E-state index contributed by atoms with van der Waals surface area (Å²) in [6, 6.07) is 0.603. The second-order valence-corrected chi connectivity index (χ2v) is 7.04. The third-order valence-electron chi connectivity index (χ3n) is 4.51. The molecule has 2 unspecified atom stereocenters. The predicted octanol–water partition coefficient (Wildman–Crippen LogP) is 3.09. The molecule has 1 fully saturated rings. The van der Waals surface area contributed by atoms with Gasteiger partial charge in [-0.2, -0.15) is 0 Å². The number of hydrogen-bond donors (Lipinski definition) is 1. The molecule has 1 saturated heterocycles. The molecule has 2 heterocycles. The van der Waals surface area contributed by atoms with Gasteiger partial charge in [-0.05, 0) is 32.7 Å². The number of nitrogens with one attached hydrogen (secondary N) is 1. The normalized spacial score (nSPS) is 24.1. The Morgan fingerprint density at radius 3 is 3.00 bits per heavy atom. The van der Waals surface area contributed by atoms with Gasteiger partial charge in [-0.25, -0.2) is 4.98 Å². The van der Waals surface area contributed by atoms with E-state index in [9.17, 15) is 0 Å². The lowest BCUT2D eigenvalue weighted by Crippen LogP contribution is -2.48. The van der Waals surface area contributed by atoms with Crippen LogP contribution in [-0.4, -0.2) is 35.6 Å². The summed E-state index contributed by atoms with van der Waals surface area (Å²) in [5.74, 6) is 0.729. The quantitative estimate of drug-likeness (QED) is 0.919. The predicted molar refractivity (Wildman–Crippen MR) is 82.6 cm³/mol. The van der Waals surface area contributed by atoms with E-state index in [1.54, 1.807) is 11.3 Å². The molecular formula is C15H27N3S. The second kappa shape index (κ2) is 6.33. The standard InChI is InChI=1S/C15H27N3S/c1-5-12(2)13-11-18(9-6-7-16-13)15(3,4)14-17-8-10-19-14/h8,10,12-13,16H,5-7,9,11H2,1-4H3. The molecule has 0 amide bonds. The summed E-state index contributed by atoms with van der Waals surface area (Å²) in [5.41, 5.74) is 0.0475. The summed E-state index contributed by atoms with van der Waals surface area (Å²) in [6.07, 6.45) is 4.38. The van der Waals surface area contributed by atoms with Gasteiger partial charge in [0.25, 0.3) is 0 Å². The Labute approximate surface area is 121 Å². The van der Waals surface area contributed by atoms with Crippen molar-refractivity contribution in [2.45, 2.75) is 52.1 Å². The maximum absolute atomic E-state index is 4.54.